The minimum absolute atomic E-state index is 0.219. The molecule has 0 N–H and O–H groups in total. The fourth-order valence-corrected chi connectivity index (χ4v) is 1.73. The smallest absolute Gasteiger partial charge is 0.367 e. The van der Waals surface area contributed by atoms with Gasteiger partial charge in [0.1, 0.15) is 0 Å². The lowest BCUT2D eigenvalue weighted by atomic mass is 10.0. The van der Waals surface area contributed by atoms with E-state index in [1.807, 2.05) is 6.92 Å². The van der Waals surface area contributed by atoms with E-state index >= 15 is 0 Å². The summed E-state index contributed by atoms with van der Waals surface area (Å²) in [5, 5.41) is 0. The molecule has 4 heteroatoms. The molecule has 1 fully saturated rings. The summed E-state index contributed by atoms with van der Waals surface area (Å²) >= 11 is 0. The normalized spacial score (nSPS) is 21.3. The largest absolute Gasteiger partial charge is 0.461 e. The van der Waals surface area contributed by atoms with E-state index in [1.165, 1.54) is 0 Å². The van der Waals surface area contributed by atoms with Gasteiger partial charge >= 0.3 is 5.97 Å². The highest BCUT2D eigenvalue weighted by Gasteiger charge is 2.21. The van der Waals surface area contributed by atoms with Crippen LogP contribution in [0.25, 0.3) is 0 Å². The Morgan fingerprint density at radius 1 is 1.53 bits per heavy atom. The Balaban J connectivity index is 2.66. The van der Waals surface area contributed by atoms with E-state index in [9.17, 15) is 9.18 Å². The Hall–Kier alpha value is -0.900. The van der Waals surface area contributed by atoms with Gasteiger partial charge in [0.2, 0.25) is 5.83 Å². The van der Waals surface area contributed by atoms with Gasteiger partial charge in [0.15, 0.2) is 0 Å². The van der Waals surface area contributed by atoms with Crippen LogP contribution in [0.2, 0.25) is 0 Å². The Morgan fingerprint density at radius 2 is 2.27 bits per heavy atom. The molecule has 1 saturated heterocycles. The highest BCUT2D eigenvalue weighted by atomic mass is 19.1. The van der Waals surface area contributed by atoms with Crippen molar-refractivity contribution in [3.63, 3.8) is 0 Å². The van der Waals surface area contributed by atoms with E-state index in [2.05, 4.69) is 9.64 Å². The number of hydrogen-bond donors (Lipinski definition) is 0. The third kappa shape index (κ3) is 3.30. The molecule has 1 aliphatic heterocycles. The molecule has 3 nitrogen and oxygen atoms in total. The standard InChI is InChI=1S/C11H18FNO2/c1-3-13-7-5-6-9(8-13)10(12)11(14)15-4-2/h3-8H2,1-2H3/b10-9+. The van der Waals surface area contributed by atoms with E-state index in [-0.39, 0.29) is 6.61 Å². The van der Waals surface area contributed by atoms with E-state index in [4.69, 9.17) is 0 Å². The third-order valence-corrected chi connectivity index (χ3v) is 2.58. The number of esters is 1. The molecule has 1 heterocycles. The van der Waals surface area contributed by atoms with Gasteiger partial charge in [-0.3, -0.25) is 4.90 Å². The summed E-state index contributed by atoms with van der Waals surface area (Å²) in [4.78, 5) is 13.3. The molecule has 0 spiro atoms. The van der Waals surface area contributed by atoms with Crippen LogP contribution >= 0.6 is 0 Å². The fourth-order valence-electron chi connectivity index (χ4n) is 1.73. The molecule has 0 aromatic rings. The predicted octanol–water partition coefficient (Wildman–Crippen LogP) is 1.89. The van der Waals surface area contributed by atoms with E-state index in [0.29, 0.717) is 18.5 Å². The van der Waals surface area contributed by atoms with Crippen molar-refractivity contribution in [3.05, 3.63) is 11.4 Å². The summed E-state index contributed by atoms with van der Waals surface area (Å²) < 4.78 is 18.2. The highest BCUT2D eigenvalue weighted by Crippen LogP contribution is 2.20. The number of rotatable bonds is 3. The minimum atomic E-state index is -0.814. The number of carbonyl (C=O) groups is 1. The van der Waals surface area contributed by atoms with Crippen molar-refractivity contribution in [3.8, 4) is 0 Å². The fraction of sp³-hybridized carbons (Fsp3) is 0.727. The Bertz CT molecular complexity index is 263. The summed E-state index contributed by atoms with van der Waals surface area (Å²) in [6.45, 7) is 6.36. The van der Waals surface area contributed by atoms with Gasteiger partial charge in [-0.25, -0.2) is 4.79 Å². The first kappa shape index (κ1) is 12.2. The van der Waals surface area contributed by atoms with Gasteiger partial charge in [-0.1, -0.05) is 6.92 Å². The van der Waals surface area contributed by atoms with Crippen LogP contribution in [0.15, 0.2) is 11.4 Å². The van der Waals surface area contributed by atoms with Crippen LogP contribution in [-0.4, -0.2) is 37.1 Å². The van der Waals surface area contributed by atoms with E-state index in [1.54, 1.807) is 6.92 Å². The van der Waals surface area contributed by atoms with Crippen molar-refractivity contribution in [1.82, 2.24) is 4.90 Å². The number of ether oxygens (including phenoxy) is 1. The zero-order chi connectivity index (χ0) is 11.3. The van der Waals surface area contributed by atoms with Crippen LogP contribution in [0, 0.1) is 0 Å². The van der Waals surface area contributed by atoms with E-state index in [0.717, 1.165) is 19.5 Å². The molecule has 0 amide bonds. The molecular weight excluding hydrogens is 197 g/mol. The number of carbonyl (C=O) groups excluding carboxylic acids is 1. The molecular formula is C11H18FNO2. The molecule has 15 heavy (non-hydrogen) atoms. The first-order valence-electron chi connectivity index (χ1n) is 5.46. The Kier molecular flexibility index (Phi) is 4.75. The number of likely N-dealkylation sites (tertiary alicyclic amines) is 1. The van der Waals surface area contributed by atoms with Crippen molar-refractivity contribution in [2.24, 2.45) is 0 Å². The first-order chi connectivity index (χ1) is 7.19. The highest BCUT2D eigenvalue weighted by molar-refractivity contribution is 5.86. The minimum Gasteiger partial charge on any atom is -0.461 e. The maximum absolute atomic E-state index is 13.6. The molecule has 0 aliphatic carbocycles. The lowest BCUT2D eigenvalue weighted by Gasteiger charge is -2.27. The lowest BCUT2D eigenvalue weighted by Crippen LogP contribution is -2.32. The molecule has 0 unspecified atom stereocenters. The molecule has 0 aromatic carbocycles. The average Bonchev–Trinajstić information content (AvgIpc) is 2.28. The second-order valence-corrected chi connectivity index (χ2v) is 3.61. The molecule has 0 radical (unpaired) electrons. The summed E-state index contributed by atoms with van der Waals surface area (Å²) in [6, 6.07) is 0. The Morgan fingerprint density at radius 3 is 2.87 bits per heavy atom. The van der Waals surface area contributed by atoms with Gasteiger partial charge < -0.3 is 4.74 Å². The van der Waals surface area contributed by atoms with Gasteiger partial charge in [0.25, 0.3) is 0 Å². The number of likely N-dealkylation sites (N-methyl/N-ethyl adjacent to an activating group) is 1. The van der Waals surface area contributed by atoms with Crippen LogP contribution < -0.4 is 0 Å². The molecule has 0 bridgehead atoms. The van der Waals surface area contributed by atoms with Crippen molar-refractivity contribution < 1.29 is 13.9 Å². The molecule has 1 rings (SSSR count). The molecule has 0 saturated carbocycles. The maximum Gasteiger partial charge on any atom is 0.367 e. The van der Waals surface area contributed by atoms with Crippen LogP contribution in [0.5, 0.6) is 0 Å². The van der Waals surface area contributed by atoms with Crippen molar-refractivity contribution in [1.29, 1.82) is 0 Å². The van der Waals surface area contributed by atoms with Gasteiger partial charge in [-0.15, -0.1) is 0 Å². The van der Waals surface area contributed by atoms with Gasteiger partial charge in [-0.05, 0) is 38.4 Å². The molecule has 0 atom stereocenters. The molecule has 1 aliphatic rings. The lowest BCUT2D eigenvalue weighted by molar-refractivity contribution is -0.140. The summed E-state index contributed by atoms with van der Waals surface area (Å²) in [5.41, 5.74) is 0.585. The molecule has 86 valence electrons. The van der Waals surface area contributed by atoms with E-state index < -0.39 is 11.8 Å². The van der Waals surface area contributed by atoms with Crippen molar-refractivity contribution >= 4 is 5.97 Å². The number of halogens is 1. The summed E-state index contributed by atoms with van der Waals surface area (Å²) in [7, 11) is 0. The monoisotopic (exact) mass is 215 g/mol. The summed E-state index contributed by atoms with van der Waals surface area (Å²) in [5.74, 6) is -1.50. The average molecular weight is 215 g/mol. The second kappa shape index (κ2) is 5.85. The maximum atomic E-state index is 13.6. The SMILES string of the molecule is CCOC(=O)/C(F)=C1/CCCN(CC)C1. The van der Waals surface area contributed by atoms with Crippen molar-refractivity contribution in [2.45, 2.75) is 26.7 Å². The zero-order valence-corrected chi connectivity index (χ0v) is 9.38. The summed E-state index contributed by atoms with van der Waals surface area (Å²) in [6.07, 6.45) is 1.58. The molecule has 0 aromatic heterocycles. The Labute approximate surface area is 89.9 Å². The van der Waals surface area contributed by atoms with Gasteiger partial charge in [0, 0.05) is 6.54 Å². The zero-order valence-electron chi connectivity index (χ0n) is 9.38. The quantitative estimate of drug-likeness (QED) is 0.532. The number of nitrogens with zero attached hydrogens (tertiary/aromatic N) is 1. The van der Waals surface area contributed by atoms with Crippen LogP contribution in [-0.2, 0) is 9.53 Å². The third-order valence-electron chi connectivity index (χ3n) is 2.58. The van der Waals surface area contributed by atoms with Crippen LogP contribution in [0.4, 0.5) is 4.39 Å². The number of piperidine rings is 1. The first-order valence-corrected chi connectivity index (χ1v) is 5.46. The number of hydrogen-bond acceptors (Lipinski definition) is 3. The van der Waals surface area contributed by atoms with Gasteiger partial charge in [-0.2, -0.15) is 4.39 Å². The van der Waals surface area contributed by atoms with Gasteiger partial charge in [0.05, 0.1) is 6.61 Å². The predicted molar refractivity (Wildman–Crippen MR) is 56.1 cm³/mol. The van der Waals surface area contributed by atoms with Crippen LogP contribution in [0.1, 0.15) is 26.7 Å². The second-order valence-electron chi connectivity index (χ2n) is 3.61. The van der Waals surface area contributed by atoms with Crippen molar-refractivity contribution in [2.75, 3.05) is 26.2 Å². The van der Waals surface area contributed by atoms with Crippen LogP contribution in [0.3, 0.4) is 0 Å². The topological polar surface area (TPSA) is 29.5 Å².